The Morgan fingerprint density at radius 3 is 1.21 bits per heavy atom. The van der Waals surface area contributed by atoms with Crippen LogP contribution in [0.4, 0.5) is 0 Å². The molecule has 0 bridgehead atoms. The summed E-state index contributed by atoms with van der Waals surface area (Å²) in [6.07, 6.45) is 22.0. The summed E-state index contributed by atoms with van der Waals surface area (Å²) in [5.74, 6) is -0.287. The van der Waals surface area contributed by atoms with Gasteiger partial charge in [-0.25, -0.2) is 4.18 Å². The van der Waals surface area contributed by atoms with Crippen molar-refractivity contribution < 1.29 is 86.6 Å². The maximum atomic E-state index is 11.9. The molecule has 0 atom stereocenters. The molecule has 0 N–H and O–H groups in total. The predicted octanol–water partition coefficient (Wildman–Crippen LogP) is 1.67. The van der Waals surface area contributed by atoms with Crippen molar-refractivity contribution in [2.45, 2.75) is 142 Å². The topological polar surface area (TPSA) is 86.7 Å². The van der Waals surface area contributed by atoms with Gasteiger partial charge in [0.05, 0.1) is 12.4 Å². The van der Waals surface area contributed by atoms with Crippen LogP contribution in [-0.4, -0.2) is 29.2 Å². The summed E-state index contributed by atoms with van der Waals surface area (Å²) in [7, 11) is -8.62. The van der Waals surface area contributed by atoms with E-state index in [0.29, 0.717) is 12.8 Å². The van der Waals surface area contributed by atoms with E-state index in [4.69, 9.17) is 4.18 Å². The minimum atomic E-state index is -4.50. The molecular formula is C24H52Na2O6S2. The van der Waals surface area contributed by atoms with E-state index in [2.05, 4.69) is 17.5 Å². The van der Waals surface area contributed by atoms with Crippen molar-refractivity contribution in [3.63, 3.8) is 0 Å². The van der Waals surface area contributed by atoms with Gasteiger partial charge in [-0.05, 0) is 12.8 Å². The molecule has 0 heterocycles. The third kappa shape index (κ3) is 30.0. The monoisotopic (exact) mass is 546 g/mol. The van der Waals surface area contributed by atoms with Gasteiger partial charge in [-0.2, -0.15) is 16.8 Å². The molecule has 10 heteroatoms. The first-order valence-corrected chi connectivity index (χ1v) is 16.1. The first kappa shape index (κ1) is 40.3. The van der Waals surface area contributed by atoms with Gasteiger partial charge in [-0.3, -0.25) is 0 Å². The van der Waals surface area contributed by atoms with Crippen LogP contribution in [0.25, 0.3) is 0 Å². The van der Waals surface area contributed by atoms with Gasteiger partial charge in [0, 0.05) is 0 Å². The number of hydrogen-bond donors (Lipinski definition) is 0. The van der Waals surface area contributed by atoms with E-state index in [-0.39, 0.29) is 74.3 Å². The molecule has 0 aromatic heterocycles. The first-order chi connectivity index (χ1) is 15.3. The van der Waals surface area contributed by atoms with Crippen LogP contribution >= 0.6 is 0 Å². The molecule has 34 heavy (non-hydrogen) atoms. The molecule has 0 aromatic carbocycles. The summed E-state index contributed by atoms with van der Waals surface area (Å²) in [5.41, 5.74) is 0. The Bertz CT molecular complexity index is 624. The van der Waals surface area contributed by atoms with Gasteiger partial charge in [0.1, 0.15) is 0 Å². The van der Waals surface area contributed by atoms with Crippen molar-refractivity contribution in [1.82, 2.24) is 0 Å². The second-order valence-electron chi connectivity index (χ2n) is 8.92. The Morgan fingerprint density at radius 1 is 0.500 bits per heavy atom. The van der Waals surface area contributed by atoms with Gasteiger partial charge in [-0.15, -0.1) is 3.63 Å². The summed E-state index contributed by atoms with van der Waals surface area (Å²) in [6.45, 7) is 4.38. The van der Waals surface area contributed by atoms with Crippen molar-refractivity contribution in [2.24, 2.45) is 0 Å². The Hall–Kier alpha value is 1.82. The van der Waals surface area contributed by atoms with Crippen LogP contribution in [0.5, 0.6) is 0 Å². The molecule has 0 fully saturated rings. The maximum absolute atomic E-state index is 11.9. The van der Waals surface area contributed by atoms with Crippen molar-refractivity contribution >= 4 is 20.5 Å². The molecule has 0 spiro atoms. The van der Waals surface area contributed by atoms with Gasteiger partial charge in [0.2, 0.25) is 0 Å². The summed E-state index contributed by atoms with van der Waals surface area (Å²) in [6, 6.07) is 0. The molecule has 0 aromatic rings. The Morgan fingerprint density at radius 2 is 0.824 bits per heavy atom. The van der Waals surface area contributed by atoms with Crippen LogP contribution in [0.3, 0.4) is 0 Å². The zero-order chi connectivity index (χ0) is 24.0. The molecule has 0 saturated heterocycles. The van der Waals surface area contributed by atoms with Crippen molar-refractivity contribution in [3.8, 4) is 0 Å². The SMILES string of the molecule is CCCCCCCCCCCCOS(=O)(=O)OS(=O)(=O)CCCCCCCCCCCC.[H-].[H-].[Na+].[Na+]. The second kappa shape index (κ2) is 27.8. The summed E-state index contributed by atoms with van der Waals surface area (Å²) in [4.78, 5) is 0. The van der Waals surface area contributed by atoms with Gasteiger partial charge in [0.25, 0.3) is 10.1 Å². The largest absolute Gasteiger partial charge is 1.00 e. The van der Waals surface area contributed by atoms with E-state index in [1.165, 1.54) is 77.0 Å². The molecular weight excluding hydrogens is 494 g/mol. The zero-order valence-corrected chi connectivity index (χ0v) is 28.5. The summed E-state index contributed by atoms with van der Waals surface area (Å²) < 4.78 is 56.4. The van der Waals surface area contributed by atoms with Gasteiger partial charge >= 0.3 is 69.5 Å². The van der Waals surface area contributed by atoms with Gasteiger partial charge in [-0.1, -0.05) is 129 Å². The number of rotatable bonds is 25. The Labute approximate surface area is 259 Å². The average molecular weight is 547 g/mol. The smallest absolute Gasteiger partial charge is 1.00 e. The quantitative estimate of drug-likeness (QED) is 0.128. The molecule has 0 rings (SSSR count). The molecule has 0 radical (unpaired) electrons. The Kier molecular flexibility index (Phi) is 33.0. The first-order valence-electron chi connectivity index (χ1n) is 13.2. The molecule has 6 nitrogen and oxygen atoms in total. The fourth-order valence-electron chi connectivity index (χ4n) is 3.70. The van der Waals surface area contributed by atoms with Crippen molar-refractivity contribution in [2.75, 3.05) is 12.4 Å². The van der Waals surface area contributed by atoms with Crippen LogP contribution in [0.1, 0.15) is 145 Å². The molecule has 0 aliphatic heterocycles. The van der Waals surface area contributed by atoms with Crippen LogP contribution < -0.4 is 59.1 Å². The van der Waals surface area contributed by atoms with Crippen molar-refractivity contribution in [3.05, 3.63) is 0 Å². The maximum Gasteiger partial charge on any atom is 1.00 e. The summed E-state index contributed by atoms with van der Waals surface area (Å²) >= 11 is 0. The summed E-state index contributed by atoms with van der Waals surface area (Å²) in [5, 5.41) is 0. The van der Waals surface area contributed by atoms with Crippen molar-refractivity contribution in [1.29, 1.82) is 0 Å². The van der Waals surface area contributed by atoms with Gasteiger partial charge < -0.3 is 2.85 Å². The number of hydrogen-bond acceptors (Lipinski definition) is 6. The Balaban J connectivity index is -0.000000801. The average Bonchev–Trinajstić information content (AvgIpc) is 2.72. The van der Waals surface area contributed by atoms with Gasteiger partial charge in [0.15, 0.2) is 0 Å². The molecule has 0 amide bonds. The van der Waals surface area contributed by atoms with Crippen LogP contribution in [-0.2, 0) is 28.3 Å². The van der Waals surface area contributed by atoms with Crippen LogP contribution in [0, 0.1) is 0 Å². The standard InChI is InChI=1S/C24H50O6S2.2Na.2H/c1-3-5-7-9-11-13-15-17-19-21-23-29-32(27,28)30-31(25,26)24-22-20-18-16-14-12-10-8-6-4-2;;;;/h3-24H2,1-2H3;;;;/q;2*+1;2*-1. The minimum absolute atomic E-state index is 0. The van der Waals surface area contributed by atoms with E-state index >= 15 is 0 Å². The number of unbranched alkanes of at least 4 members (excludes halogenated alkanes) is 18. The second-order valence-corrected chi connectivity index (χ2v) is 12.0. The van der Waals surface area contributed by atoms with E-state index in [1.54, 1.807) is 0 Å². The zero-order valence-electron chi connectivity index (χ0n) is 24.8. The molecule has 0 aliphatic rings. The minimum Gasteiger partial charge on any atom is -1.00 e. The van der Waals surface area contributed by atoms with E-state index < -0.39 is 20.5 Å². The predicted molar refractivity (Wildman–Crippen MR) is 136 cm³/mol. The fraction of sp³-hybridized carbons (Fsp3) is 1.00. The molecule has 0 saturated carbocycles. The van der Waals surface area contributed by atoms with E-state index in [1.807, 2.05) is 0 Å². The fourth-order valence-corrected chi connectivity index (χ4v) is 6.02. The van der Waals surface area contributed by atoms with E-state index in [0.717, 1.165) is 38.5 Å². The third-order valence-electron chi connectivity index (χ3n) is 5.66. The van der Waals surface area contributed by atoms with E-state index in [9.17, 15) is 16.8 Å². The third-order valence-corrected chi connectivity index (χ3v) is 8.40. The molecule has 0 unspecified atom stereocenters. The normalized spacial score (nSPS) is 11.7. The van der Waals surface area contributed by atoms with Crippen LogP contribution in [0.15, 0.2) is 0 Å². The molecule has 0 aliphatic carbocycles. The molecule has 198 valence electrons. The van der Waals surface area contributed by atoms with Crippen LogP contribution in [0.2, 0.25) is 0 Å².